The summed E-state index contributed by atoms with van der Waals surface area (Å²) in [7, 11) is 1.69. The summed E-state index contributed by atoms with van der Waals surface area (Å²) in [5, 5.41) is 2.65. The van der Waals surface area contributed by atoms with Gasteiger partial charge in [-0.15, -0.1) is 0 Å². The third-order valence-corrected chi connectivity index (χ3v) is 2.93. The maximum Gasteiger partial charge on any atom is 0.321 e. The summed E-state index contributed by atoms with van der Waals surface area (Å²) in [5.41, 5.74) is 0.460. The van der Waals surface area contributed by atoms with E-state index in [1.807, 2.05) is 17.7 Å². The number of carbonyl (C=O) groups excluding carboxylic acids is 1. The molecular formula is C13H16FN5O. The maximum absolute atomic E-state index is 12.7. The standard InChI is InChI=1S/C13H16FN5O/c1-10-15-5-6-19(10)8-7-18(2)13(20)17-11-3-4-12(14)16-9-11/h3-6,9H,7-8H2,1-2H3,(H,17,20). The fourth-order valence-electron chi connectivity index (χ4n) is 1.67. The Hall–Kier alpha value is -2.44. The molecule has 0 aromatic carbocycles. The van der Waals surface area contributed by atoms with Crippen LogP contribution in [0.5, 0.6) is 0 Å². The number of anilines is 1. The molecule has 0 aliphatic heterocycles. The smallest absolute Gasteiger partial charge is 0.321 e. The summed E-state index contributed by atoms with van der Waals surface area (Å²) < 4.78 is 14.6. The molecule has 2 rings (SSSR count). The molecule has 0 radical (unpaired) electrons. The zero-order valence-electron chi connectivity index (χ0n) is 11.4. The number of amides is 2. The van der Waals surface area contributed by atoms with Crippen LogP contribution in [0.2, 0.25) is 0 Å². The Balaban J connectivity index is 1.86. The lowest BCUT2D eigenvalue weighted by Crippen LogP contribution is -2.34. The molecule has 6 nitrogen and oxygen atoms in total. The van der Waals surface area contributed by atoms with Gasteiger partial charge in [0.1, 0.15) is 5.82 Å². The molecule has 0 spiro atoms. The summed E-state index contributed by atoms with van der Waals surface area (Å²) in [5.74, 6) is 0.327. The third kappa shape index (κ3) is 3.53. The Morgan fingerprint density at radius 2 is 2.25 bits per heavy atom. The highest BCUT2D eigenvalue weighted by Gasteiger charge is 2.09. The molecule has 0 unspecified atom stereocenters. The van der Waals surface area contributed by atoms with Crippen molar-refractivity contribution in [3.8, 4) is 0 Å². The van der Waals surface area contributed by atoms with Crippen molar-refractivity contribution in [2.45, 2.75) is 13.5 Å². The normalized spacial score (nSPS) is 10.3. The molecule has 20 heavy (non-hydrogen) atoms. The average molecular weight is 277 g/mol. The SMILES string of the molecule is Cc1nccn1CCN(C)C(=O)Nc1ccc(F)nc1. The lowest BCUT2D eigenvalue weighted by Gasteiger charge is -2.18. The highest BCUT2D eigenvalue weighted by atomic mass is 19.1. The van der Waals surface area contributed by atoms with Gasteiger partial charge in [-0.25, -0.2) is 14.8 Å². The molecule has 0 saturated heterocycles. The minimum absolute atomic E-state index is 0.267. The Kier molecular flexibility index (Phi) is 4.29. The number of aryl methyl sites for hydroxylation is 1. The maximum atomic E-state index is 12.7. The van der Waals surface area contributed by atoms with Crippen molar-refractivity contribution in [1.82, 2.24) is 19.4 Å². The van der Waals surface area contributed by atoms with Gasteiger partial charge in [0.05, 0.1) is 11.9 Å². The van der Waals surface area contributed by atoms with Gasteiger partial charge in [0.15, 0.2) is 0 Å². The minimum atomic E-state index is -0.577. The molecule has 2 aromatic heterocycles. The van der Waals surface area contributed by atoms with Crippen LogP contribution in [0.15, 0.2) is 30.7 Å². The predicted octanol–water partition coefficient (Wildman–Crippen LogP) is 1.89. The number of urea groups is 1. The summed E-state index contributed by atoms with van der Waals surface area (Å²) in [6, 6.07) is 2.40. The quantitative estimate of drug-likeness (QED) is 0.868. The van der Waals surface area contributed by atoms with Gasteiger partial charge < -0.3 is 14.8 Å². The van der Waals surface area contributed by atoms with E-state index >= 15 is 0 Å². The molecule has 0 fully saturated rings. The Morgan fingerprint density at radius 1 is 1.45 bits per heavy atom. The van der Waals surface area contributed by atoms with Crippen molar-refractivity contribution in [3.63, 3.8) is 0 Å². The Labute approximate surface area is 116 Å². The fraction of sp³-hybridized carbons (Fsp3) is 0.308. The van der Waals surface area contributed by atoms with Crippen LogP contribution in [-0.2, 0) is 6.54 Å². The number of rotatable bonds is 4. The topological polar surface area (TPSA) is 63.1 Å². The molecule has 0 bridgehead atoms. The first-order valence-corrected chi connectivity index (χ1v) is 6.17. The number of halogens is 1. The van der Waals surface area contributed by atoms with E-state index < -0.39 is 5.95 Å². The zero-order chi connectivity index (χ0) is 14.5. The van der Waals surface area contributed by atoms with Crippen LogP contribution in [-0.4, -0.2) is 39.1 Å². The van der Waals surface area contributed by atoms with Crippen LogP contribution in [0.25, 0.3) is 0 Å². The van der Waals surface area contributed by atoms with Gasteiger partial charge in [0.2, 0.25) is 5.95 Å². The lowest BCUT2D eigenvalue weighted by molar-refractivity contribution is 0.220. The largest absolute Gasteiger partial charge is 0.333 e. The number of hydrogen-bond donors (Lipinski definition) is 1. The molecule has 1 N–H and O–H groups in total. The van der Waals surface area contributed by atoms with Gasteiger partial charge in [-0.2, -0.15) is 4.39 Å². The second-order valence-electron chi connectivity index (χ2n) is 4.39. The summed E-state index contributed by atoms with van der Waals surface area (Å²) >= 11 is 0. The second kappa shape index (κ2) is 6.14. The van der Waals surface area contributed by atoms with E-state index in [1.54, 1.807) is 18.1 Å². The van der Waals surface area contributed by atoms with Gasteiger partial charge in [-0.3, -0.25) is 0 Å². The number of nitrogens with one attached hydrogen (secondary N) is 1. The molecule has 2 amide bonds. The Morgan fingerprint density at radius 3 is 2.85 bits per heavy atom. The summed E-state index contributed by atoms with van der Waals surface area (Å²) in [6.45, 7) is 3.11. The minimum Gasteiger partial charge on any atom is -0.333 e. The van der Waals surface area contributed by atoms with E-state index in [4.69, 9.17) is 0 Å². The van der Waals surface area contributed by atoms with Crippen molar-refractivity contribution in [3.05, 3.63) is 42.5 Å². The first kappa shape index (κ1) is 14.0. The number of hydrogen-bond acceptors (Lipinski definition) is 3. The van der Waals surface area contributed by atoms with Gasteiger partial charge in [-0.1, -0.05) is 0 Å². The van der Waals surface area contributed by atoms with Crippen LogP contribution in [0.4, 0.5) is 14.9 Å². The van der Waals surface area contributed by atoms with E-state index in [9.17, 15) is 9.18 Å². The number of nitrogens with zero attached hydrogens (tertiary/aromatic N) is 4. The average Bonchev–Trinajstić information content (AvgIpc) is 2.84. The highest BCUT2D eigenvalue weighted by Crippen LogP contribution is 2.06. The first-order chi connectivity index (χ1) is 9.56. The van der Waals surface area contributed by atoms with Gasteiger partial charge >= 0.3 is 6.03 Å². The van der Waals surface area contributed by atoms with Crippen LogP contribution >= 0.6 is 0 Å². The molecule has 0 aliphatic carbocycles. The van der Waals surface area contributed by atoms with Crippen LogP contribution in [0, 0.1) is 12.9 Å². The second-order valence-corrected chi connectivity index (χ2v) is 4.39. The van der Waals surface area contributed by atoms with Crippen molar-refractivity contribution < 1.29 is 9.18 Å². The summed E-state index contributed by atoms with van der Waals surface area (Å²) in [4.78, 5) is 21.0. The van der Waals surface area contributed by atoms with Crippen molar-refractivity contribution >= 4 is 11.7 Å². The monoisotopic (exact) mass is 277 g/mol. The van der Waals surface area contributed by atoms with Crippen molar-refractivity contribution in [2.75, 3.05) is 18.9 Å². The van der Waals surface area contributed by atoms with E-state index in [0.29, 0.717) is 18.8 Å². The van der Waals surface area contributed by atoms with Gasteiger partial charge in [-0.05, 0) is 19.1 Å². The fourth-order valence-corrected chi connectivity index (χ4v) is 1.67. The van der Waals surface area contributed by atoms with E-state index in [-0.39, 0.29) is 6.03 Å². The summed E-state index contributed by atoms with van der Waals surface area (Å²) in [6.07, 6.45) is 4.87. The van der Waals surface area contributed by atoms with Crippen molar-refractivity contribution in [2.24, 2.45) is 0 Å². The number of pyridine rings is 1. The number of carbonyl (C=O) groups is 1. The lowest BCUT2D eigenvalue weighted by atomic mass is 10.4. The molecule has 0 atom stereocenters. The molecule has 0 saturated carbocycles. The number of likely N-dealkylation sites (N-methyl/N-ethyl adjacent to an activating group) is 1. The highest BCUT2D eigenvalue weighted by molar-refractivity contribution is 5.88. The van der Waals surface area contributed by atoms with Crippen LogP contribution in [0.3, 0.4) is 0 Å². The number of aromatic nitrogens is 3. The van der Waals surface area contributed by atoms with Gasteiger partial charge in [0, 0.05) is 32.5 Å². The van der Waals surface area contributed by atoms with Gasteiger partial charge in [0.25, 0.3) is 0 Å². The van der Waals surface area contributed by atoms with Crippen LogP contribution < -0.4 is 5.32 Å². The number of imidazole rings is 1. The zero-order valence-corrected chi connectivity index (χ0v) is 11.4. The van der Waals surface area contributed by atoms with E-state index in [2.05, 4.69) is 15.3 Å². The molecule has 0 aliphatic rings. The van der Waals surface area contributed by atoms with Crippen molar-refractivity contribution in [1.29, 1.82) is 0 Å². The van der Waals surface area contributed by atoms with Crippen LogP contribution in [0.1, 0.15) is 5.82 Å². The molecule has 106 valence electrons. The molecular weight excluding hydrogens is 261 g/mol. The Bertz CT molecular complexity index is 581. The third-order valence-electron chi connectivity index (χ3n) is 2.93. The predicted molar refractivity (Wildman–Crippen MR) is 72.8 cm³/mol. The molecule has 7 heteroatoms. The van der Waals surface area contributed by atoms with E-state index in [0.717, 1.165) is 5.82 Å². The molecule has 2 aromatic rings. The molecule has 2 heterocycles. The van der Waals surface area contributed by atoms with E-state index in [1.165, 1.54) is 18.3 Å². The first-order valence-electron chi connectivity index (χ1n) is 6.17.